The second-order valence-electron chi connectivity index (χ2n) is 11.2. The monoisotopic (exact) mass is 578 g/mol. The van der Waals surface area contributed by atoms with Gasteiger partial charge in [-0.25, -0.2) is 4.98 Å². The van der Waals surface area contributed by atoms with Gasteiger partial charge in [0.1, 0.15) is 12.0 Å². The molecule has 1 atom stereocenters. The van der Waals surface area contributed by atoms with E-state index in [1.807, 2.05) is 24.3 Å². The Morgan fingerprint density at radius 1 is 0.511 bits per heavy atom. The van der Waals surface area contributed by atoms with Crippen LogP contribution in [0.1, 0.15) is 22.9 Å². The highest BCUT2D eigenvalue weighted by atomic mass is 15.1. The van der Waals surface area contributed by atoms with Gasteiger partial charge in [-0.15, -0.1) is 0 Å². The van der Waals surface area contributed by atoms with Crippen molar-refractivity contribution in [3.05, 3.63) is 187 Å². The fourth-order valence-electron chi connectivity index (χ4n) is 6.03. The zero-order valence-electron chi connectivity index (χ0n) is 24.6. The van der Waals surface area contributed by atoms with Crippen molar-refractivity contribution in [1.82, 2.24) is 14.9 Å². The number of hydrogen-bond donors (Lipinski definition) is 1. The van der Waals surface area contributed by atoms with E-state index in [4.69, 9.17) is 9.98 Å². The molecule has 0 amide bonds. The van der Waals surface area contributed by atoms with E-state index in [-0.39, 0.29) is 6.17 Å². The summed E-state index contributed by atoms with van der Waals surface area (Å²) in [4.78, 5) is 10.4. The van der Waals surface area contributed by atoms with Crippen molar-refractivity contribution < 1.29 is 0 Å². The standard InChI is InChI=1S/C41H30N4/c1-4-14-29(15-5-1)31-18-12-19-32(26-31)38-28-37(30-16-6-2-7-17-30)42-40(43-38)33-20-13-21-34(27-33)41-44-36-24-10-11-25-39(36)45(41)35-22-8-3-9-23-35/h1-28,40,42H. The maximum absolute atomic E-state index is 5.29. The molecule has 4 nitrogen and oxygen atoms in total. The van der Waals surface area contributed by atoms with Crippen molar-refractivity contribution in [1.29, 1.82) is 0 Å². The number of allylic oxidation sites excluding steroid dienone is 1. The van der Waals surface area contributed by atoms with Crippen LogP contribution in [0, 0.1) is 0 Å². The van der Waals surface area contributed by atoms with Crippen LogP contribution in [-0.4, -0.2) is 15.3 Å². The lowest BCUT2D eigenvalue weighted by atomic mass is 9.98. The number of aromatic nitrogens is 2. The van der Waals surface area contributed by atoms with Gasteiger partial charge in [0.15, 0.2) is 0 Å². The van der Waals surface area contributed by atoms with E-state index >= 15 is 0 Å². The molecule has 6 aromatic carbocycles. The Bertz CT molecular complexity index is 2180. The number of imidazole rings is 1. The Labute approximate surface area is 262 Å². The van der Waals surface area contributed by atoms with Crippen LogP contribution in [0.4, 0.5) is 0 Å². The van der Waals surface area contributed by atoms with Crippen LogP contribution < -0.4 is 5.32 Å². The molecular weight excluding hydrogens is 548 g/mol. The lowest BCUT2D eigenvalue weighted by Crippen LogP contribution is -2.25. The Balaban J connectivity index is 1.24. The smallest absolute Gasteiger partial charge is 0.145 e. The molecule has 0 saturated heterocycles. The Kier molecular flexibility index (Phi) is 6.85. The minimum absolute atomic E-state index is 0.282. The normalized spacial score (nSPS) is 14.4. The van der Waals surface area contributed by atoms with Gasteiger partial charge in [-0.3, -0.25) is 9.56 Å². The summed E-state index contributed by atoms with van der Waals surface area (Å²) in [6.45, 7) is 0. The van der Waals surface area contributed by atoms with E-state index in [9.17, 15) is 0 Å². The molecule has 214 valence electrons. The highest BCUT2D eigenvalue weighted by molar-refractivity contribution is 6.13. The first-order valence-electron chi connectivity index (χ1n) is 15.2. The van der Waals surface area contributed by atoms with Crippen LogP contribution >= 0.6 is 0 Å². The van der Waals surface area contributed by atoms with Gasteiger partial charge >= 0.3 is 0 Å². The summed E-state index contributed by atoms with van der Waals surface area (Å²) in [6, 6.07) is 56.9. The summed E-state index contributed by atoms with van der Waals surface area (Å²) < 4.78 is 2.24. The molecule has 1 aliphatic rings. The molecule has 1 aliphatic heterocycles. The molecule has 0 saturated carbocycles. The van der Waals surface area contributed by atoms with E-state index in [0.717, 1.165) is 56.2 Å². The average molecular weight is 579 g/mol. The molecule has 0 spiro atoms. The third-order valence-corrected chi connectivity index (χ3v) is 8.23. The number of para-hydroxylation sites is 3. The average Bonchev–Trinajstić information content (AvgIpc) is 3.53. The van der Waals surface area contributed by atoms with Gasteiger partial charge in [0.05, 0.1) is 16.7 Å². The maximum atomic E-state index is 5.29. The first-order valence-corrected chi connectivity index (χ1v) is 15.2. The highest BCUT2D eigenvalue weighted by Gasteiger charge is 2.21. The Morgan fingerprint density at radius 3 is 1.93 bits per heavy atom. The van der Waals surface area contributed by atoms with Gasteiger partial charge in [0.25, 0.3) is 0 Å². The van der Waals surface area contributed by atoms with Crippen LogP contribution in [0.3, 0.4) is 0 Å². The van der Waals surface area contributed by atoms with Crippen LogP contribution in [0.5, 0.6) is 0 Å². The number of benzene rings is 6. The van der Waals surface area contributed by atoms with Crippen LogP contribution in [0.2, 0.25) is 0 Å². The summed E-state index contributed by atoms with van der Waals surface area (Å²) in [5.74, 6) is 0.902. The lowest BCUT2D eigenvalue weighted by molar-refractivity contribution is 0.664. The molecule has 7 aromatic rings. The third-order valence-electron chi connectivity index (χ3n) is 8.23. The van der Waals surface area contributed by atoms with E-state index in [0.29, 0.717) is 0 Å². The van der Waals surface area contributed by atoms with Crippen molar-refractivity contribution in [3.63, 3.8) is 0 Å². The van der Waals surface area contributed by atoms with Gasteiger partial charge in [-0.1, -0.05) is 127 Å². The molecule has 0 aliphatic carbocycles. The summed E-state index contributed by atoms with van der Waals surface area (Å²) >= 11 is 0. The lowest BCUT2D eigenvalue weighted by Gasteiger charge is -2.25. The molecule has 4 heteroatoms. The summed E-state index contributed by atoms with van der Waals surface area (Å²) in [7, 11) is 0. The largest absolute Gasteiger partial charge is 0.360 e. The van der Waals surface area contributed by atoms with Crippen molar-refractivity contribution in [2.24, 2.45) is 4.99 Å². The first kappa shape index (κ1) is 26.6. The third kappa shape index (κ3) is 5.23. The number of fused-ring (bicyclic) bond motifs is 1. The molecule has 0 bridgehead atoms. The van der Waals surface area contributed by atoms with Crippen molar-refractivity contribution in [2.75, 3.05) is 0 Å². The zero-order chi connectivity index (χ0) is 30.0. The maximum Gasteiger partial charge on any atom is 0.145 e. The number of nitrogens with zero attached hydrogens (tertiary/aromatic N) is 3. The zero-order valence-corrected chi connectivity index (χ0v) is 24.6. The molecule has 1 N–H and O–H groups in total. The van der Waals surface area contributed by atoms with Crippen LogP contribution in [0.15, 0.2) is 175 Å². The van der Waals surface area contributed by atoms with E-state index in [1.54, 1.807) is 0 Å². The van der Waals surface area contributed by atoms with E-state index < -0.39 is 0 Å². The predicted octanol–water partition coefficient (Wildman–Crippen LogP) is 9.49. The Morgan fingerprint density at radius 2 is 1.13 bits per heavy atom. The second-order valence-corrected chi connectivity index (χ2v) is 11.2. The molecule has 1 aromatic heterocycles. The molecule has 0 fully saturated rings. The fourth-order valence-corrected chi connectivity index (χ4v) is 6.03. The van der Waals surface area contributed by atoms with Gasteiger partial charge in [0.2, 0.25) is 0 Å². The van der Waals surface area contributed by atoms with Gasteiger partial charge in [-0.05, 0) is 64.7 Å². The molecule has 8 rings (SSSR count). The minimum Gasteiger partial charge on any atom is -0.360 e. The first-order chi connectivity index (χ1) is 22.3. The fraction of sp³-hybridized carbons (Fsp3) is 0.0244. The van der Waals surface area contributed by atoms with E-state index in [2.05, 4.69) is 155 Å². The van der Waals surface area contributed by atoms with E-state index in [1.165, 1.54) is 11.1 Å². The van der Waals surface area contributed by atoms with Crippen LogP contribution in [0.25, 0.3) is 44.9 Å². The minimum atomic E-state index is -0.282. The summed E-state index contributed by atoms with van der Waals surface area (Å²) in [6.07, 6.45) is 1.88. The van der Waals surface area contributed by atoms with Gasteiger partial charge < -0.3 is 5.32 Å². The van der Waals surface area contributed by atoms with Gasteiger partial charge in [-0.2, -0.15) is 0 Å². The quantitative estimate of drug-likeness (QED) is 0.214. The van der Waals surface area contributed by atoms with Crippen LogP contribution in [-0.2, 0) is 0 Å². The van der Waals surface area contributed by atoms with Crippen molar-refractivity contribution >= 4 is 22.4 Å². The molecule has 2 heterocycles. The Hall–Kier alpha value is -6.00. The van der Waals surface area contributed by atoms with Gasteiger partial charge in [0, 0.05) is 22.5 Å². The molecule has 45 heavy (non-hydrogen) atoms. The SMILES string of the molecule is C1=C(c2ccccc2)NC(c2cccc(-c3nc4ccccc4n3-c3ccccc3)c2)N=C1c1cccc(-c2ccccc2)c1. The van der Waals surface area contributed by atoms with Crippen molar-refractivity contribution in [3.8, 4) is 28.2 Å². The molecular formula is C41H30N4. The van der Waals surface area contributed by atoms with Crippen molar-refractivity contribution in [2.45, 2.75) is 6.17 Å². The summed E-state index contributed by atoms with van der Waals surface area (Å²) in [5.41, 5.74) is 11.8. The molecule has 0 radical (unpaired) electrons. The topological polar surface area (TPSA) is 42.2 Å². The number of nitrogens with one attached hydrogen (secondary N) is 1. The highest BCUT2D eigenvalue weighted by Crippen LogP contribution is 2.33. The number of aliphatic imine (C=N–C) groups is 1. The molecule has 1 unspecified atom stereocenters. The number of rotatable bonds is 6. The second kappa shape index (κ2) is 11.6. The number of hydrogen-bond acceptors (Lipinski definition) is 3. The predicted molar refractivity (Wildman–Crippen MR) is 185 cm³/mol. The summed E-state index contributed by atoms with van der Waals surface area (Å²) in [5, 5.41) is 3.73.